The maximum Gasteiger partial charge on any atom is 0.416 e. The second-order valence-electron chi connectivity index (χ2n) is 6.63. The molecule has 0 aliphatic heterocycles. The van der Waals surface area contributed by atoms with E-state index in [9.17, 15) is 23.1 Å². The molecule has 1 N–H and O–H groups in total. The average Bonchev–Trinajstić information content (AvgIpc) is 3.31. The number of carbonyl (C=O) groups is 1. The van der Waals surface area contributed by atoms with Gasteiger partial charge >= 0.3 is 12.1 Å². The molecule has 0 bridgehead atoms. The van der Waals surface area contributed by atoms with E-state index in [-0.39, 0.29) is 5.92 Å². The second kappa shape index (κ2) is 5.59. The lowest BCUT2D eigenvalue weighted by molar-refractivity contribution is -0.139. The molecule has 7 heteroatoms. The fourth-order valence-corrected chi connectivity index (χ4v) is 3.41. The Kier molecular flexibility index (Phi) is 3.57. The highest BCUT2D eigenvalue weighted by Crippen LogP contribution is 2.50. The molecule has 134 valence electrons. The topological polar surface area (TPSA) is 55.1 Å². The summed E-state index contributed by atoms with van der Waals surface area (Å²) < 4.78 is 40.0. The summed E-state index contributed by atoms with van der Waals surface area (Å²) in [5.74, 6) is -1.33. The molecule has 1 aromatic heterocycles. The number of rotatable bonds is 3. The molecule has 1 heterocycles. The molecule has 0 saturated heterocycles. The Morgan fingerprint density at radius 2 is 1.88 bits per heavy atom. The van der Waals surface area contributed by atoms with Crippen molar-refractivity contribution in [2.24, 2.45) is 13.0 Å². The van der Waals surface area contributed by atoms with Crippen molar-refractivity contribution in [1.82, 2.24) is 9.78 Å². The predicted octanol–water partition coefficient (Wildman–Crippen LogP) is 4.45. The number of fused-ring (bicyclic) bond motifs is 1. The van der Waals surface area contributed by atoms with Crippen molar-refractivity contribution < 1.29 is 23.1 Å². The van der Waals surface area contributed by atoms with Crippen LogP contribution in [-0.2, 0) is 18.0 Å². The summed E-state index contributed by atoms with van der Waals surface area (Å²) in [6.45, 7) is 0. The van der Waals surface area contributed by atoms with Crippen LogP contribution in [-0.4, -0.2) is 20.9 Å². The standard InChI is InChI=1S/C19H15F3N2O2/c1-24-17-7-11(10-2-4-12(5-3-10)19(20,21)22)6-13(16(17)9-23-24)14-8-15(14)18(25)26/h2-7,9,14-15H,8H2,1H3,(H,25,26)/t14?,15-/m1/s1. The second-order valence-corrected chi connectivity index (χ2v) is 6.63. The van der Waals surface area contributed by atoms with Crippen molar-refractivity contribution in [3.8, 4) is 11.1 Å². The Balaban J connectivity index is 1.81. The van der Waals surface area contributed by atoms with E-state index in [1.807, 2.05) is 12.1 Å². The minimum Gasteiger partial charge on any atom is -0.481 e. The Labute approximate surface area is 146 Å². The van der Waals surface area contributed by atoms with Crippen LogP contribution in [0.5, 0.6) is 0 Å². The number of carboxylic acid groups (broad SMARTS) is 1. The molecule has 2 atom stereocenters. The van der Waals surface area contributed by atoms with Crippen molar-refractivity contribution >= 4 is 16.9 Å². The van der Waals surface area contributed by atoms with Crippen LogP contribution in [0.2, 0.25) is 0 Å². The summed E-state index contributed by atoms with van der Waals surface area (Å²) in [5.41, 5.74) is 2.42. The minimum atomic E-state index is -4.38. The van der Waals surface area contributed by atoms with Crippen LogP contribution in [0.4, 0.5) is 13.2 Å². The lowest BCUT2D eigenvalue weighted by Gasteiger charge is -2.10. The van der Waals surface area contributed by atoms with Gasteiger partial charge in [0.05, 0.1) is 23.2 Å². The van der Waals surface area contributed by atoms with Crippen molar-refractivity contribution in [2.75, 3.05) is 0 Å². The number of nitrogens with zero attached hydrogens (tertiary/aromatic N) is 2. The molecule has 1 aliphatic rings. The zero-order chi connectivity index (χ0) is 18.6. The smallest absolute Gasteiger partial charge is 0.416 e. The third-order valence-electron chi connectivity index (χ3n) is 4.95. The third kappa shape index (κ3) is 2.73. The van der Waals surface area contributed by atoms with Crippen LogP contribution in [0.1, 0.15) is 23.5 Å². The number of hydrogen-bond donors (Lipinski definition) is 1. The highest BCUT2D eigenvalue weighted by molar-refractivity contribution is 5.90. The van der Waals surface area contributed by atoms with Gasteiger partial charge in [0.2, 0.25) is 0 Å². The van der Waals surface area contributed by atoms with E-state index < -0.39 is 23.6 Å². The van der Waals surface area contributed by atoms with Gasteiger partial charge in [0.25, 0.3) is 0 Å². The Morgan fingerprint density at radius 3 is 2.46 bits per heavy atom. The first-order valence-corrected chi connectivity index (χ1v) is 8.12. The fraction of sp³-hybridized carbons (Fsp3) is 0.263. The first-order valence-electron chi connectivity index (χ1n) is 8.12. The number of hydrogen-bond acceptors (Lipinski definition) is 2. The van der Waals surface area contributed by atoms with Crippen molar-refractivity contribution in [3.63, 3.8) is 0 Å². The largest absolute Gasteiger partial charge is 0.481 e. The van der Waals surface area contributed by atoms with Gasteiger partial charge in [0, 0.05) is 12.4 Å². The van der Waals surface area contributed by atoms with Crippen molar-refractivity contribution in [1.29, 1.82) is 0 Å². The lowest BCUT2D eigenvalue weighted by Crippen LogP contribution is -2.04. The number of aryl methyl sites for hydroxylation is 1. The van der Waals surface area contributed by atoms with E-state index >= 15 is 0 Å². The lowest BCUT2D eigenvalue weighted by atomic mass is 9.96. The van der Waals surface area contributed by atoms with Gasteiger partial charge in [0.1, 0.15) is 0 Å². The van der Waals surface area contributed by atoms with Gasteiger partial charge in [-0.15, -0.1) is 0 Å². The van der Waals surface area contributed by atoms with Gasteiger partial charge in [0.15, 0.2) is 0 Å². The molecule has 4 rings (SSSR count). The Hall–Kier alpha value is -2.83. The summed E-state index contributed by atoms with van der Waals surface area (Å²) in [5, 5.41) is 14.4. The maximum absolute atomic E-state index is 12.8. The summed E-state index contributed by atoms with van der Waals surface area (Å²) in [4.78, 5) is 11.2. The molecule has 1 unspecified atom stereocenters. The molecule has 1 saturated carbocycles. The zero-order valence-electron chi connectivity index (χ0n) is 13.8. The summed E-state index contributed by atoms with van der Waals surface area (Å²) in [6.07, 6.45) is -2.10. The van der Waals surface area contributed by atoms with Crippen LogP contribution in [0.15, 0.2) is 42.6 Å². The summed E-state index contributed by atoms with van der Waals surface area (Å²) >= 11 is 0. The van der Waals surface area contributed by atoms with Crippen LogP contribution >= 0.6 is 0 Å². The number of carboxylic acids is 1. The first-order chi connectivity index (χ1) is 12.3. The van der Waals surface area contributed by atoms with Gasteiger partial charge < -0.3 is 5.11 Å². The molecule has 4 nitrogen and oxygen atoms in total. The fourth-order valence-electron chi connectivity index (χ4n) is 3.41. The van der Waals surface area contributed by atoms with E-state index in [4.69, 9.17) is 0 Å². The molecule has 1 aliphatic carbocycles. The molecule has 1 fully saturated rings. The van der Waals surface area contributed by atoms with Crippen molar-refractivity contribution in [3.05, 3.63) is 53.7 Å². The molecular formula is C19H15F3N2O2. The van der Waals surface area contributed by atoms with Gasteiger partial charge in [-0.25, -0.2) is 0 Å². The van der Waals surface area contributed by atoms with Crippen LogP contribution in [0, 0.1) is 5.92 Å². The minimum absolute atomic E-state index is 0.0893. The van der Waals surface area contributed by atoms with E-state index in [0.29, 0.717) is 12.0 Å². The molecule has 0 radical (unpaired) electrons. The van der Waals surface area contributed by atoms with E-state index in [0.717, 1.165) is 34.2 Å². The average molecular weight is 360 g/mol. The number of benzene rings is 2. The van der Waals surface area contributed by atoms with E-state index in [2.05, 4.69) is 5.10 Å². The Morgan fingerprint density at radius 1 is 1.19 bits per heavy atom. The molecule has 0 amide bonds. The third-order valence-corrected chi connectivity index (χ3v) is 4.95. The van der Waals surface area contributed by atoms with Gasteiger partial charge in [-0.3, -0.25) is 9.48 Å². The van der Waals surface area contributed by atoms with Crippen LogP contribution in [0.3, 0.4) is 0 Å². The quantitative estimate of drug-likeness (QED) is 0.751. The monoisotopic (exact) mass is 360 g/mol. The van der Waals surface area contributed by atoms with Crippen LogP contribution in [0.25, 0.3) is 22.0 Å². The van der Waals surface area contributed by atoms with E-state index in [1.165, 1.54) is 12.1 Å². The number of aromatic nitrogens is 2. The SMILES string of the molecule is Cn1ncc2c(C3C[C@H]3C(=O)O)cc(-c3ccc(C(F)(F)F)cc3)cc21. The van der Waals surface area contributed by atoms with Gasteiger partial charge in [-0.2, -0.15) is 18.3 Å². The zero-order valence-corrected chi connectivity index (χ0v) is 13.8. The highest BCUT2D eigenvalue weighted by atomic mass is 19.4. The van der Waals surface area contributed by atoms with E-state index in [1.54, 1.807) is 17.9 Å². The molecular weight excluding hydrogens is 345 g/mol. The highest BCUT2D eigenvalue weighted by Gasteiger charge is 2.45. The first kappa shape index (κ1) is 16.6. The molecule has 2 aromatic carbocycles. The molecule has 3 aromatic rings. The van der Waals surface area contributed by atoms with Crippen molar-refractivity contribution in [2.45, 2.75) is 18.5 Å². The Bertz CT molecular complexity index is 1010. The maximum atomic E-state index is 12.8. The number of halogens is 3. The summed E-state index contributed by atoms with van der Waals surface area (Å²) in [6, 6.07) is 8.73. The summed E-state index contributed by atoms with van der Waals surface area (Å²) in [7, 11) is 1.78. The predicted molar refractivity (Wildman–Crippen MR) is 89.6 cm³/mol. The molecule has 26 heavy (non-hydrogen) atoms. The van der Waals surface area contributed by atoms with Gasteiger partial charge in [-0.1, -0.05) is 18.2 Å². The molecule has 0 spiro atoms. The van der Waals surface area contributed by atoms with Gasteiger partial charge in [-0.05, 0) is 47.2 Å². The normalized spacial score (nSPS) is 19.7. The number of alkyl halides is 3. The van der Waals surface area contributed by atoms with Crippen LogP contribution < -0.4 is 0 Å². The number of aliphatic carboxylic acids is 1.